The molecule has 182 valence electrons. The van der Waals surface area contributed by atoms with Gasteiger partial charge in [-0.25, -0.2) is 17.6 Å². The number of benzene rings is 1. The molecule has 0 amide bonds. The second-order valence-corrected chi connectivity index (χ2v) is 11.3. The fourth-order valence-corrected chi connectivity index (χ4v) is 6.66. The maximum absolute atomic E-state index is 13.7. The number of sulfonamides is 1. The molecule has 34 heavy (non-hydrogen) atoms. The van der Waals surface area contributed by atoms with Crippen LogP contribution >= 0.6 is 11.8 Å². The van der Waals surface area contributed by atoms with E-state index < -0.39 is 21.6 Å². The summed E-state index contributed by atoms with van der Waals surface area (Å²) in [6, 6.07) is 4.56. The number of hydrogen-bond donors (Lipinski definition) is 2. The zero-order valence-corrected chi connectivity index (χ0v) is 20.4. The Morgan fingerprint density at radius 3 is 2.76 bits per heavy atom. The molecule has 5 rings (SSSR count). The number of nitrogens with zero attached hydrogens (tertiary/aromatic N) is 2. The van der Waals surface area contributed by atoms with Gasteiger partial charge in [-0.15, -0.1) is 0 Å². The predicted octanol–water partition coefficient (Wildman–Crippen LogP) is 3.35. The smallest absolute Gasteiger partial charge is 0.340 e. The Bertz CT molecular complexity index is 1410. The van der Waals surface area contributed by atoms with Crippen LogP contribution in [0.3, 0.4) is 0 Å². The van der Waals surface area contributed by atoms with Gasteiger partial charge in [0, 0.05) is 47.7 Å². The van der Waals surface area contributed by atoms with Gasteiger partial charge in [0.1, 0.15) is 5.52 Å². The van der Waals surface area contributed by atoms with Gasteiger partial charge in [0.2, 0.25) is 10.0 Å². The van der Waals surface area contributed by atoms with E-state index in [1.165, 1.54) is 18.3 Å². The van der Waals surface area contributed by atoms with E-state index in [-0.39, 0.29) is 34.7 Å². The molecule has 1 saturated carbocycles. The third-order valence-corrected chi connectivity index (χ3v) is 8.89. The van der Waals surface area contributed by atoms with Gasteiger partial charge >= 0.3 is 5.97 Å². The molecule has 2 aliphatic rings. The fourth-order valence-electron chi connectivity index (χ4n) is 4.63. The topological polar surface area (TPSA) is 116 Å². The maximum Gasteiger partial charge on any atom is 0.340 e. The van der Waals surface area contributed by atoms with Gasteiger partial charge in [-0.3, -0.25) is 4.79 Å². The van der Waals surface area contributed by atoms with E-state index in [1.807, 2.05) is 6.92 Å². The van der Waals surface area contributed by atoms with Crippen molar-refractivity contribution < 1.29 is 17.9 Å². The Morgan fingerprint density at radius 2 is 2.09 bits per heavy atom. The molecule has 3 heterocycles. The van der Waals surface area contributed by atoms with Crippen molar-refractivity contribution in [2.24, 2.45) is 0 Å². The lowest BCUT2D eigenvalue weighted by Gasteiger charge is -2.27. The third kappa shape index (κ3) is 4.13. The van der Waals surface area contributed by atoms with Crippen LogP contribution in [-0.4, -0.2) is 64.9 Å². The highest BCUT2D eigenvalue weighted by Crippen LogP contribution is 2.35. The van der Waals surface area contributed by atoms with Gasteiger partial charge in [-0.1, -0.05) is 6.92 Å². The summed E-state index contributed by atoms with van der Waals surface area (Å²) in [5.41, 5.74) is 0.460. The SMILES string of the molecule is CCCOC(=O)c1c[nH]c2c(=O)[nH]c3ccc(S(=O)(=O)N(C[C@H]4CCCN4Cl)C4CC4)cc3c12. The van der Waals surface area contributed by atoms with Crippen molar-refractivity contribution in [1.29, 1.82) is 0 Å². The van der Waals surface area contributed by atoms with Gasteiger partial charge in [-0.2, -0.15) is 4.31 Å². The van der Waals surface area contributed by atoms with Crippen molar-refractivity contribution in [3.63, 3.8) is 0 Å². The van der Waals surface area contributed by atoms with Gasteiger partial charge < -0.3 is 14.7 Å². The summed E-state index contributed by atoms with van der Waals surface area (Å²) >= 11 is 6.30. The molecule has 0 radical (unpaired) electrons. The average Bonchev–Trinajstić information content (AvgIpc) is 3.40. The fraction of sp³-hybridized carbons (Fsp3) is 0.478. The van der Waals surface area contributed by atoms with E-state index in [4.69, 9.17) is 16.5 Å². The number of fused-ring (bicyclic) bond motifs is 3. The summed E-state index contributed by atoms with van der Waals surface area (Å²) in [5, 5.41) is 0.827. The van der Waals surface area contributed by atoms with E-state index in [1.54, 1.807) is 14.8 Å². The van der Waals surface area contributed by atoms with Crippen molar-refractivity contribution in [1.82, 2.24) is 18.7 Å². The zero-order chi connectivity index (χ0) is 24.0. The van der Waals surface area contributed by atoms with E-state index in [0.29, 0.717) is 29.3 Å². The van der Waals surface area contributed by atoms with Crippen molar-refractivity contribution in [3.8, 4) is 0 Å². The largest absolute Gasteiger partial charge is 0.462 e. The second kappa shape index (κ2) is 8.99. The summed E-state index contributed by atoms with van der Waals surface area (Å²) < 4.78 is 36.0. The summed E-state index contributed by atoms with van der Waals surface area (Å²) in [4.78, 5) is 30.9. The summed E-state index contributed by atoms with van der Waals surface area (Å²) in [7, 11) is -3.82. The lowest BCUT2D eigenvalue weighted by molar-refractivity contribution is 0.0507. The van der Waals surface area contributed by atoms with Gasteiger partial charge in [-0.05, 0) is 62.1 Å². The number of ether oxygens (including phenoxy) is 1. The first-order valence-electron chi connectivity index (χ1n) is 11.6. The van der Waals surface area contributed by atoms with Crippen LogP contribution in [0.5, 0.6) is 0 Å². The number of halogens is 1. The Labute approximate surface area is 202 Å². The van der Waals surface area contributed by atoms with Gasteiger partial charge in [0.25, 0.3) is 5.56 Å². The number of H-pyrrole nitrogens is 2. The lowest BCUT2D eigenvalue weighted by Crippen LogP contribution is -2.41. The minimum Gasteiger partial charge on any atom is -0.462 e. The number of esters is 1. The van der Waals surface area contributed by atoms with E-state index in [9.17, 15) is 18.0 Å². The molecule has 1 aromatic carbocycles. The van der Waals surface area contributed by atoms with Crippen LogP contribution in [0, 0.1) is 0 Å². The van der Waals surface area contributed by atoms with Crippen LogP contribution in [0.4, 0.5) is 0 Å². The molecule has 1 saturated heterocycles. The Hall–Kier alpha value is -2.40. The molecule has 2 aromatic heterocycles. The molecule has 11 heteroatoms. The lowest BCUT2D eigenvalue weighted by atomic mass is 10.1. The standard InChI is InChI=1S/C23H27ClN4O5S/c1-2-10-33-23(30)18-12-25-21-20(18)17-11-16(7-8-19(17)26-22(21)29)34(31,32)28(14-5-6-14)13-15-4-3-9-27(15)24/h7-8,11-12,14-15,25H,2-6,9-10,13H2,1H3,(H,26,29)/t15-/m1/s1. The second-order valence-electron chi connectivity index (χ2n) is 8.98. The van der Waals surface area contributed by atoms with Crippen molar-refractivity contribution in [2.75, 3.05) is 19.7 Å². The van der Waals surface area contributed by atoms with Gasteiger partial charge in [0.15, 0.2) is 0 Å². The molecular formula is C23H27ClN4O5S. The predicted molar refractivity (Wildman–Crippen MR) is 129 cm³/mol. The first kappa shape index (κ1) is 23.3. The van der Waals surface area contributed by atoms with Crippen molar-refractivity contribution >= 4 is 49.6 Å². The van der Waals surface area contributed by atoms with Crippen molar-refractivity contribution in [2.45, 2.75) is 56.0 Å². The molecule has 0 unspecified atom stereocenters. The number of carbonyl (C=O) groups excluding carboxylic acids is 1. The number of rotatable bonds is 8. The molecule has 1 atom stereocenters. The third-order valence-electron chi connectivity index (χ3n) is 6.53. The average molecular weight is 507 g/mol. The molecule has 2 N–H and O–H groups in total. The van der Waals surface area contributed by atoms with Crippen LogP contribution < -0.4 is 5.56 Å². The number of pyridine rings is 1. The highest BCUT2D eigenvalue weighted by Gasteiger charge is 2.41. The number of hydrogen-bond acceptors (Lipinski definition) is 6. The molecule has 2 fully saturated rings. The first-order chi connectivity index (χ1) is 16.3. The Morgan fingerprint density at radius 1 is 1.29 bits per heavy atom. The van der Waals surface area contributed by atoms with E-state index >= 15 is 0 Å². The van der Waals surface area contributed by atoms with Crippen molar-refractivity contribution in [3.05, 3.63) is 40.3 Å². The van der Waals surface area contributed by atoms with Crippen LogP contribution in [-0.2, 0) is 14.8 Å². The van der Waals surface area contributed by atoms with Gasteiger partial charge in [0.05, 0.1) is 17.1 Å². The Kier molecular flexibility index (Phi) is 6.18. The summed E-state index contributed by atoms with van der Waals surface area (Å²) in [6.45, 7) is 3.23. The first-order valence-corrected chi connectivity index (χ1v) is 13.4. The molecule has 0 spiro atoms. The minimum atomic E-state index is -3.82. The number of nitrogens with one attached hydrogen (secondary N) is 2. The van der Waals surface area contributed by atoms with Crippen LogP contribution in [0.2, 0.25) is 0 Å². The molecular weight excluding hydrogens is 480 g/mol. The van der Waals surface area contributed by atoms with Crippen LogP contribution in [0.15, 0.2) is 34.1 Å². The highest BCUT2D eigenvalue weighted by molar-refractivity contribution is 7.89. The summed E-state index contributed by atoms with van der Waals surface area (Å²) in [6.07, 6.45) is 5.54. The summed E-state index contributed by atoms with van der Waals surface area (Å²) in [5.74, 6) is -0.559. The maximum atomic E-state index is 13.7. The molecule has 3 aromatic rings. The Balaban J connectivity index is 1.60. The molecule has 1 aliphatic heterocycles. The zero-order valence-electron chi connectivity index (χ0n) is 18.8. The van der Waals surface area contributed by atoms with Crippen LogP contribution in [0.1, 0.15) is 49.4 Å². The number of aromatic nitrogens is 2. The van der Waals surface area contributed by atoms with Crippen LogP contribution in [0.25, 0.3) is 21.8 Å². The quantitative estimate of drug-likeness (QED) is 0.357. The minimum absolute atomic E-state index is 0.0230. The monoisotopic (exact) mass is 506 g/mol. The van der Waals surface area contributed by atoms with E-state index in [2.05, 4.69) is 9.97 Å². The number of carbonyl (C=O) groups is 1. The molecule has 1 aliphatic carbocycles. The molecule has 0 bridgehead atoms. The van der Waals surface area contributed by atoms with E-state index in [0.717, 1.165) is 32.2 Å². The molecule has 9 nitrogen and oxygen atoms in total. The normalized spacial score (nSPS) is 19.4. The highest BCUT2D eigenvalue weighted by atomic mass is 35.5. The number of aromatic amines is 2.